The highest BCUT2D eigenvalue weighted by atomic mass is 35.5. The van der Waals surface area contributed by atoms with Gasteiger partial charge >= 0.3 is 0 Å². The lowest BCUT2D eigenvalue weighted by atomic mass is 9.81. The lowest BCUT2D eigenvalue weighted by Gasteiger charge is -2.15. The average molecular weight is 460 g/mol. The van der Waals surface area contributed by atoms with E-state index in [2.05, 4.69) is 35.6 Å². The fourth-order valence-electron chi connectivity index (χ4n) is 3.86. The molecule has 164 valence electrons. The Hall–Kier alpha value is -2.28. The maximum atomic E-state index is 11.0. The maximum Gasteiger partial charge on any atom is 0.264 e. The molecule has 0 unspecified atom stereocenters. The summed E-state index contributed by atoms with van der Waals surface area (Å²) < 4.78 is 33.3. The quantitative estimate of drug-likeness (QED) is 0.225. The molecule has 2 aromatic rings. The SMILES string of the molecule is CC1(C)C(C=CCC=Nc2ccccc2)=[N+](CCCCS(=O)(=O)O)c2ccc(Cl)cc21. The number of nitrogens with zero attached hydrogens (tertiary/aromatic N) is 2. The Morgan fingerprint density at radius 2 is 1.87 bits per heavy atom. The third kappa shape index (κ3) is 6.12. The Kier molecular flexibility index (Phi) is 7.46. The number of hydrogen-bond acceptors (Lipinski definition) is 3. The maximum absolute atomic E-state index is 11.0. The van der Waals surface area contributed by atoms with E-state index in [4.69, 9.17) is 16.2 Å². The molecule has 0 amide bonds. The summed E-state index contributed by atoms with van der Waals surface area (Å²) >= 11 is 6.27. The van der Waals surface area contributed by atoms with Crippen molar-refractivity contribution in [3.05, 3.63) is 71.3 Å². The molecule has 2 aromatic carbocycles. The van der Waals surface area contributed by atoms with E-state index in [9.17, 15) is 8.42 Å². The highest BCUT2D eigenvalue weighted by molar-refractivity contribution is 7.85. The van der Waals surface area contributed by atoms with Crippen molar-refractivity contribution in [3.8, 4) is 0 Å². The second kappa shape index (κ2) is 9.90. The van der Waals surface area contributed by atoms with Crippen LogP contribution in [0.1, 0.15) is 38.7 Å². The van der Waals surface area contributed by atoms with Crippen LogP contribution in [-0.4, -0.2) is 41.8 Å². The highest BCUT2D eigenvalue weighted by Gasteiger charge is 2.44. The fraction of sp³-hybridized carbons (Fsp3) is 0.333. The topological polar surface area (TPSA) is 69.7 Å². The molecule has 0 aliphatic carbocycles. The first-order valence-electron chi connectivity index (χ1n) is 10.3. The van der Waals surface area contributed by atoms with E-state index in [1.165, 1.54) is 0 Å². The Bertz CT molecular complexity index is 1120. The molecule has 0 saturated heterocycles. The summed E-state index contributed by atoms with van der Waals surface area (Å²) in [5.41, 5.74) is 4.04. The highest BCUT2D eigenvalue weighted by Crippen LogP contribution is 2.41. The van der Waals surface area contributed by atoms with E-state index in [-0.39, 0.29) is 11.2 Å². The number of allylic oxidation sites excluding steroid dienone is 2. The molecule has 7 heteroatoms. The number of aliphatic imine (C=N–C) groups is 1. The first-order chi connectivity index (χ1) is 14.7. The molecular weight excluding hydrogens is 432 g/mol. The Morgan fingerprint density at radius 3 is 2.58 bits per heavy atom. The molecule has 0 bridgehead atoms. The Labute approximate surface area is 189 Å². The van der Waals surface area contributed by atoms with Crippen LogP contribution in [0, 0.1) is 0 Å². The van der Waals surface area contributed by atoms with Crippen LogP contribution in [0.15, 0.2) is 65.7 Å². The van der Waals surface area contributed by atoms with Gasteiger partial charge in [0.05, 0.1) is 16.9 Å². The molecule has 1 aliphatic heterocycles. The smallest absolute Gasteiger partial charge is 0.264 e. The molecule has 3 rings (SSSR count). The van der Waals surface area contributed by atoms with Crippen LogP contribution < -0.4 is 0 Å². The van der Waals surface area contributed by atoms with Crippen molar-refractivity contribution in [2.24, 2.45) is 4.99 Å². The summed E-state index contributed by atoms with van der Waals surface area (Å²) in [6, 6.07) is 15.7. The minimum absolute atomic E-state index is 0.223. The predicted octanol–water partition coefficient (Wildman–Crippen LogP) is 5.73. The minimum Gasteiger partial charge on any atom is -0.286 e. The summed E-state index contributed by atoms with van der Waals surface area (Å²) in [7, 11) is -3.94. The normalized spacial score (nSPS) is 15.9. The summed E-state index contributed by atoms with van der Waals surface area (Å²) in [5, 5.41) is 0.693. The zero-order chi connectivity index (χ0) is 22.5. The van der Waals surface area contributed by atoms with Gasteiger partial charge in [-0.05, 0) is 44.5 Å². The van der Waals surface area contributed by atoms with Crippen LogP contribution in [0.2, 0.25) is 5.02 Å². The van der Waals surface area contributed by atoms with Gasteiger partial charge < -0.3 is 0 Å². The van der Waals surface area contributed by atoms with Crippen molar-refractivity contribution in [3.63, 3.8) is 0 Å². The van der Waals surface area contributed by atoms with Crippen molar-refractivity contribution in [2.75, 3.05) is 12.3 Å². The van der Waals surface area contributed by atoms with Gasteiger partial charge in [0.2, 0.25) is 5.69 Å². The predicted molar refractivity (Wildman–Crippen MR) is 128 cm³/mol. The molecule has 1 heterocycles. The number of unbranched alkanes of at least 4 members (excludes halogenated alkanes) is 1. The number of rotatable bonds is 9. The molecule has 0 aromatic heterocycles. The average Bonchev–Trinajstić information content (AvgIpc) is 2.91. The molecule has 0 atom stereocenters. The van der Waals surface area contributed by atoms with Gasteiger partial charge in [-0.2, -0.15) is 13.0 Å². The van der Waals surface area contributed by atoms with Crippen molar-refractivity contribution >= 4 is 45.0 Å². The lowest BCUT2D eigenvalue weighted by Crippen LogP contribution is -2.28. The largest absolute Gasteiger partial charge is 0.286 e. The molecule has 0 fully saturated rings. The lowest BCUT2D eigenvalue weighted by molar-refractivity contribution is -0.438. The summed E-state index contributed by atoms with van der Waals surface area (Å²) in [4.78, 5) is 4.46. The molecular formula is C24H28ClN2O3S+. The van der Waals surface area contributed by atoms with Gasteiger partial charge in [0, 0.05) is 41.8 Å². The number of benzene rings is 2. The van der Waals surface area contributed by atoms with Crippen LogP contribution in [0.3, 0.4) is 0 Å². The van der Waals surface area contributed by atoms with Gasteiger partial charge in [-0.1, -0.05) is 35.9 Å². The van der Waals surface area contributed by atoms with E-state index in [1.54, 1.807) is 0 Å². The summed E-state index contributed by atoms with van der Waals surface area (Å²) in [6.07, 6.45) is 7.83. The van der Waals surface area contributed by atoms with Gasteiger partial charge in [0.25, 0.3) is 10.1 Å². The molecule has 0 radical (unpaired) electrons. The van der Waals surface area contributed by atoms with E-state index in [0.717, 1.165) is 22.6 Å². The molecule has 1 aliphatic rings. The van der Waals surface area contributed by atoms with Gasteiger partial charge in [0.15, 0.2) is 5.71 Å². The molecule has 31 heavy (non-hydrogen) atoms. The van der Waals surface area contributed by atoms with Crippen LogP contribution in [0.5, 0.6) is 0 Å². The molecule has 0 spiro atoms. The number of fused-ring (bicyclic) bond motifs is 1. The number of hydrogen-bond donors (Lipinski definition) is 1. The summed E-state index contributed by atoms with van der Waals surface area (Å²) in [5.74, 6) is -0.223. The molecule has 5 nitrogen and oxygen atoms in total. The Balaban J connectivity index is 1.80. The van der Waals surface area contributed by atoms with Crippen LogP contribution in [0.4, 0.5) is 11.4 Å². The Morgan fingerprint density at radius 1 is 1.13 bits per heavy atom. The number of halogens is 1. The first kappa shape index (κ1) is 23.4. The monoisotopic (exact) mass is 459 g/mol. The van der Waals surface area contributed by atoms with Gasteiger partial charge in [-0.25, -0.2) is 0 Å². The van der Waals surface area contributed by atoms with E-state index in [0.29, 0.717) is 30.8 Å². The van der Waals surface area contributed by atoms with Crippen molar-refractivity contribution < 1.29 is 17.5 Å². The number of para-hydroxylation sites is 1. The summed E-state index contributed by atoms with van der Waals surface area (Å²) in [6.45, 7) is 4.99. The molecule has 0 saturated carbocycles. The third-order valence-electron chi connectivity index (χ3n) is 5.40. The van der Waals surface area contributed by atoms with Crippen molar-refractivity contribution in [2.45, 2.75) is 38.5 Å². The van der Waals surface area contributed by atoms with Gasteiger partial charge in [-0.15, -0.1) is 0 Å². The van der Waals surface area contributed by atoms with Crippen molar-refractivity contribution in [1.82, 2.24) is 0 Å². The second-order valence-corrected chi connectivity index (χ2v) is 10.1. The van der Waals surface area contributed by atoms with E-state index < -0.39 is 10.1 Å². The van der Waals surface area contributed by atoms with Crippen LogP contribution in [-0.2, 0) is 15.5 Å². The van der Waals surface area contributed by atoms with Gasteiger partial charge in [-0.3, -0.25) is 9.55 Å². The third-order valence-corrected chi connectivity index (χ3v) is 6.44. The zero-order valence-corrected chi connectivity index (χ0v) is 19.4. The minimum atomic E-state index is -3.94. The standard InChI is InChI=1S/C24H27ClN2O3S/c1-24(2)21-18-19(25)13-14-22(21)27(16-8-9-17-31(28,29)30)23(24)12-6-7-15-26-20-10-4-3-5-11-20/h3-6,10-15,18H,7-9,16-17H2,1-2H3/p+1. The molecule has 1 N–H and O–H groups in total. The second-order valence-electron chi connectivity index (χ2n) is 8.10. The van der Waals surface area contributed by atoms with Crippen LogP contribution in [0.25, 0.3) is 0 Å². The van der Waals surface area contributed by atoms with Crippen LogP contribution >= 0.6 is 11.6 Å². The van der Waals surface area contributed by atoms with E-state index >= 15 is 0 Å². The first-order valence-corrected chi connectivity index (χ1v) is 12.3. The fourth-order valence-corrected chi connectivity index (χ4v) is 4.60. The van der Waals surface area contributed by atoms with Gasteiger partial charge in [0.1, 0.15) is 6.54 Å². The van der Waals surface area contributed by atoms with Crippen molar-refractivity contribution in [1.29, 1.82) is 0 Å². The van der Waals surface area contributed by atoms with E-state index in [1.807, 2.05) is 54.7 Å². The zero-order valence-electron chi connectivity index (χ0n) is 17.8.